The van der Waals surface area contributed by atoms with E-state index in [9.17, 15) is 4.79 Å². The van der Waals surface area contributed by atoms with E-state index in [2.05, 4.69) is 4.90 Å². The molecule has 2 nitrogen and oxygen atoms in total. The molecule has 1 aromatic carbocycles. The van der Waals surface area contributed by atoms with Crippen molar-refractivity contribution in [1.29, 1.82) is 0 Å². The summed E-state index contributed by atoms with van der Waals surface area (Å²) in [6.45, 7) is 5.94. The van der Waals surface area contributed by atoms with E-state index in [0.29, 0.717) is 0 Å². The van der Waals surface area contributed by atoms with Crippen molar-refractivity contribution in [2.24, 2.45) is 5.92 Å². The molecule has 0 aliphatic carbocycles. The van der Waals surface area contributed by atoms with Crippen LogP contribution in [-0.4, -0.2) is 18.9 Å². The van der Waals surface area contributed by atoms with E-state index in [1.165, 1.54) is 19.3 Å². The second-order valence-electron chi connectivity index (χ2n) is 5.23. The topological polar surface area (TPSA) is 20.3 Å². The van der Waals surface area contributed by atoms with Crippen molar-refractivity contribution in [1.82, 2.24) is 0 Å². The SMILES string of the molecule is CC(C)C(=O)c1ccc(Cl)c(N2CCCCC2)c1. The predicted octanol–water partition coefficient (Wildman–Crippen LogP) is 4.17. The molecule has 0 aromatic heterocycles. The van der Waals surface area contributed by atoms with Crippen LogP contribution < -0.4 is 4.90 Å². The van der Waals surface area contributed by atoms with Crippen LogP contribution in [0.25, 0.3) is 0 Å². The number of piperidine rings is 1. The van der Waals surface area contributed by atoms with E-state index >= 15 is 0 Å². The quantitative estimate of drug-likeness (QED) is 0.765. The first-order valence-corrected chi connectivity index (χ1v) is 7.06. The Labute approximate surface area is 114 Å². The van der Waals surface area contributed by atoms with E-state index < -0.39 is 0 Å². The Morgan fingerprint density at radius 1 is 1.22 bits per heavy atom. The molecule has 1 aliphatic heterocycles. The first-order chi connectivity index (χ1) is 8.59. The van der Waals surface area contributed by atoms with E-state index in [4.69, 9.17) is 11.6 Å². The Bertz CT molecular complexity index is 436. The van der Waals surface area contributed by atoms with Gasteiger partial charge in [0.05, 0.1) is 10.7 Å². The molecule has 0 spiro atoms. The highest BCUT2D eigenvalue weighted by molar-refractivity contribution is 6.33. The number of halogens is 1. The van der Waals surface area contributed by atoms with Crippen molar-refractivity contribution in [3.8, 4) is 0 Å². The summed E-state index contributed by atoms with van der Waals surface area (Å²) in [5, 5.41) is 0.747. The van der Waals surface area contributed by atoms with Crippen LogP contribution in [0.2, 0.25) is 5.02 Å². The van der Waals surface area contributed by atoms with E-state index in [1.807, 2.05) is 32.0 Å². The van der Waals surface area contributed by atoms with Gasteiger partial charge in [-0.1, -0.05) is 25.4 Å². The lowest BCUT2D eigenvalue weighted by atomic mass is 10.00. The number of hydrogen-bond acceptors (Lipinski definition) is 2. The Kier molecular flexibility index (Phi) is 4.28. The average molecular weight is 266 g/mol. The Hall–Kier alpha value is -1.02. The molecular formula is C15H20ClNO. The van der Waals surface area contributed by atoms with Gasteiger partial charge in [0.15, 0.2) is 5.78 Å². The number of ketones is 1. The van der Waals surface area contributed by atoms with Gasteiger partial charge in [0, 0.05) is 24.6 Å². The third kappa shape index (κ3) is 2.86. The predicted molar refractivity (Wildman–Crippen MR) is 76.7 cm³/mol. The van der Waals surface area contributed by atoms with Gasteiger partial charge in [0.25, 0.3) is 0 Å². The summed E-state index contributed by atoms with van der Waals surface area (Å²) in [5.74, 6) is 0.213. The molecule has 1 aromatic rings. The molecule has 0 amide bonds. The molecule has 1 heterocycles. The molecule has 1 aliphatic rings. The molecule has 0 saturated carbocycles. The standard InChI is InChI=1S/C15H20ClNO/c1-11(2)15(18)12-6-7-13(16)14(10-12)17-8-4-3-5-9-17/h6-7,10-11H,3-5,8-9H2,1-2H3. The summed E-state index contributed by atoms with van der Waals surface area (Å²) < 4.78 is 0. The number of carbonyl (C=O) groups is 1. The normalized spacial score (nSPS) is 16.1. The average Bonchev–Trinajstić information content (AvgIpc) is 2.39. The van der Waals surface area contributed by atoms with Crippen LogP contribution in [0.5, 0.6) is 0 Å². The second-order valence-corrected chi connectivity index (χ2v) is 5.64. The molecule has 0 radical (unpaired) electrons. The fraction of sp³-hybridized carbons (Fsp3) is 0.533. The summed E-state index contributed by atoms with van der Waals surface area (Å²) >= 11 is 6.26. The minimum absolute atomic E-state index is 0.0281. The molecule has 1 fully saturated rings. The van der Waals surface area contributed by atoms with Gasteiger partial charge in [-0.25, -0.2) is 0 Å². The Balaban J connectivity index is 2.28. The second kappa shape index (κ2) is 5.75. The Morgan fingerprint density at radius 3 is 2.50 bits per heavy atom. The molecule has 2 rings (SSSR count). The van der Waals surface area contributed by atoms with Crippen molar-refractivity contribution in [2.45, 2.75) is 33.1 Å². The van der Waals surface area contributed by atoms with Crippen LogP contribution in [-0.2, 0) is 0 Å². The van der Waals surface area contributed by atoms with E-state index in [-0.39, 0.29) is 11.7 Å². The van der Waals surface area contributed by atoms with Crippen LogP contribution in [0.3, 0.4) is 0 Å². The van der Waals surface area contributed by atoms with Crippen LogP contribution in [0.4, 0.5) is 5.69 Å². The fourth-order valence-electron chi connectivity index (χ4n) is 2.38. The number of carbonyl (C=O) groups excluding carboxylic acids is 1. The summed E-state index contributed by atoms with van der Waals surface area (Å²) in [7, 11) is 0. The minimum atomic E-state index is 0.0281. The van der Waals surface area contributed by atoms with Gasteiger partial charge < -0.3 is 4.90 Å². The summed E-state index contributed by atoms with van der Waals surface area (Å²) in [6.07, 6.45) is 3.70. The van der Waals surface area contributed by atoms with Gasteiger partial charge in [-0.15, -0.1) is 0 Å². The van der Waals surface area contributed by atoms with E-state index in [1.54, 1.807) is 0 Å². The number of benzene rings is 1. The first-order valence-electron chi connectivity index (χ1n) is 6.68. The lowest BCUT2D eigenvalue weighted by Crippen LogP contribution is -2.29. The zero-order valence-electron chi connectivity index (χ0n) is 11.1. The summed E-state index contributed by atoms with van der Waals surface area (Å²) in [5.41, 5.74) is 1.79. The van der Waals surface area contributed by atoms with Crippen molar-refractivity contribution in [3.05, 3.63) is 28.8 Å². The molecular weight excluding hydrogens is 246 g/mol. The molecule has 0 N–H and O–H groups in total. The van der Waals surface area contributed by atoms with Gasteiger partial charge in [-0.3, -0.25) is 4.79 Å². The maximum absolute atomic E-state index is 12.0. The third-order valence-corrected chi connectivity index (χ3v) is 3.77. The van der Waals surface area contributed by atoms with Gasteiger partial charge in [0.1, 0.15) is 0 Å². The van der Waals surface area contributed by atoms with Crippen LogP contribution >= 0.6 is 11.6 Å². The molecule has 0 bridgehead atoms. The zero-order valence-corrected chi connectivity index (χ0v) is 11.8. The van der Waals surface area contributed by atoms with E-state index in [0.717, 1.165) is 29.4 Å². The largest absolute Gasteiger partial charge is 0.370 e. The lowest BCUT2D eigenvalue weighted by Gasteiger charge is -2.30. The number of Topliss-reactive ketones (excluding diaryl/α,β-unsaturated/α-hetero) is 1. The fourth-order valence-corrected chi connectivity index (χ4v) is 2.61. The van der Waals surface area contributed by atoms with Gasteiger partial charge in [-0.05, 0) is 37.5 Å². The Morgan fingerprint density at radius 2 is 1.89 bits per heavy atom. The number of rotatable bonds is 3. The summed E-state index contributed by atoms with van der Waals surface area (Å²) in [6, 6.07) is 5.63. The number of anilines is 1. The number of hydrogen-bond donors (Lipinski definition) is 0. The van der Waals surface area contributed by atoms with Crippen molar-refractivity contribution >= 4 is 23.1 Å². The minimum Gasteiger partial charge on any atom is -0.370 e. The monoisotopic (exact) mass is 265 g/mol. The molecule has 0 atom stereocenters. The maximum atomic E-state index is 12.0. The van der Waals surface area contributed by atoms with Crippen LogP contribution in [0, 0.1) is 5.92 Å². The first kappa shape index (κ1) is 13.4. The molecule has 1 saturated heterocycles. The van der Waals surface area contributed by atoms with Crippen LogP contribution in [0.15, 0.2) is 18.2 Å². The van der Waals surface area contributed by atoms with Gasteiger partial charge >= 0.3 is 0 Å². The molecule has 3 heteroatoms. The molecule has 18 heavy (non-hydrogen) atoms. The van der Waals surface area contributed by atoms with Crippen molar-refractivity contribution < 1.29 is 4.79 Å². The smallest absolute Gasteiger partial charge is 0.165 e. The lowest BCUT2D eigenvalue weighted by molar-refractivity contribution is 0.0939. The highest BCUT2D eigenvalue weighted by atomic mass is 35.5. The highest BCUT2D eigenvalue weighted by Gasteiger charge is 2.17. The van der Waals surface area contributed by atoms with Crippen LogP contribution in [0.1, 0.15) is 43.5 Å². The van der Waals surface area contributed by atoms with Gasteiger partial charge in [-0.2, -0.15) is 0 Å². The highest BCUT2D eigenvalue weighted by Crippen LogP contribution is 2.30. The van der Waals surface area contributed by atoms with Crippen molar-refractivity contribution in [2.75, 3.05) is 18.0 Å². The zero-order chi connectivity index (χ0) is 13.1. The third-order valence-electron chi connectivity index (χ3n) is 3.45. The molecule has 98 valence electrons. The maximum Gasteiger partial charge on any atom is 0.165 e. The van der Waals surface area contributed by atoms with Crippen molar-refractivity contribution in [3.63, 3.8) is 0 Å². The van der Waals surface area contributed by atoms with Gasteiger partial charge in [0.2, 0.25) is 0 Å². The molecule has 0 unspecified atom stereocenters. The summed E-state index contributed by atoms with van der Waals surface area (Å²) in [4.78, 5) is 14.3. The number of nitrogens with zero attached hydrogens (tertiary/aromatic N) is 1.